The number of hydrogen-bond acceptors (Lipinski definition) is 4. The van der Waals surface area contributed by atoms with Crippen molar-refractivity contribution < 1.29 is 4.79 Å². The zero-order chi connectivity index (χ0) is 9.84. The quantitative estimate of drug-likeness (QED) is 0.426. The fourth-order valence-corrected chi connectivity index (χ4v) is 0.934. The van der Waals surface area contributed by atoms with Crippen LogP contribution in [0.1, 0.15) is 5.69 Å². The summed E-state index contributed by atoms with van der Waals surface area (Å²) in [5.41, 5.74) is 0.648. The van der Waals surface area contributed by atoms with Crippen LogP contribution in [0.3, 0.4) is 0 Å². The topological polar surface area (TPSA) is 73.3 Å². The second-order valence-electron chi connectivity index (χ2n) is 2.50. The molecule has 0 atom stereocenters. The maximum Gasteiger partial charge on any atom is 0.200 e. The maximum absolute atomic E-state index is 11.2. The average molecular weight is 201 g/mol. The molecule has 2 N–H and O–H groups in total. The van der Waals surface area contributed by atoms with Crippen molar-refractivity contribution in [2.75, 3.05) is 0 Å². The summed E-state index contributed by atoms with van der Waals surface area (Å²) in [6, 6.07) is 1.73. The molecule has 1 aromatic heterocycles. The number of hydrazone groups is 1. The first-order valence-corrected chi connectivity index (χ1v) is 3.96. The molecule has 0 fully saturated rings. The Labute approximate surface area is 80.2 Å². The second-order valence-corrected chi connectivity index (χ2v) is 2.86. The third-order valence-corrected chi connectivity index (χ3v) is 1.76. The number of halogens is 1. The lowest BCUT2D eigenvalue weighted by molar-refractivity contribution is -0.112. The van der Waals surface area contributed by atoms with Crippen molar-refractivity contribution in [2.45, 2.75) is 6.42 Å². The highest BCUT2D eigenvalue weighted by molar-refractivity contribution is 6.83. The molecular formula is C7H9ClN4O. The molecular weight excluding hydrogens is 192 g/mol. The molecule has 5 nitrogen and oxygen atoms in total. The SMILES string of the molecule is Cn1ccc(CC(=O)/C(Cl)=N/N)n1. The predicted octanol–water partition coefficient (Wildman–Crippen LogP) is 0.0427. The zero-order valence-corrected chi connectivity index (χ0v) is 7.82. The molecule has 1 heterocycles. The molecule has 13 heavy (non-hydrogen) atoms. The van der Waals surface area contributed by atoms with Gasteiger partial charge in [-0.2, -0.15) is 10.2 Å². The maximum atomic E-state index is 11.2. The Morgan fingerprint density at radius 2 is 2.54 bits per heavy atom. The van der Waals surface area contributed by atoms with Crippen molar-refractivity contribution in [2.24, 2.45) is 18.0 Å². The van der Waals surface area contributed by atoms with Crippen molar-refractivity contribution >= 4 is 22.6 Å². The van der Waals surface area contributed by atoms with E-state index in [1.54, 1.807) is 24.0 Å². The van der Waals surface area contributed by atoms with E-state index in [0.29, 0.717) is 5.69 Å². The number of Topliss-reactive ketones (excluding diaryl/α,β-unsaturated/α-hetero) is 1. The van der Waals surface area contributed by atoms with Crippen molar-refractivity contribution in [1.29, 1.82) is 0 Å². The van der Waals surface area contributed by atoms with Gasteiger partial charge in [-0.15, -0.1) is 0 Å². The third kappa shape index (κ3) is 2.55. The summed E-state index contributed by atoms with van der Waals surface area (Å²) in [5.74, 6) is 4.51. The number of carbonyl (C=O) groups excluding carboxylic acids is 1. The van der Waals surface area contributed by atoms with E-state index in [1.165, 1.54) is 0 Å². The molecule has 0 unspecified atom stereocenters. The summed E-state index contributed by atoms with van der Waals surface area (Å²) in [6.45, 7) is 0. The van der Waals surface area contributed by atoms with Gasteiger partial charge in [0.2, 0.25) is 5.78 Å². The fourth-order valence-electron chi connectivity index (χ4n) is 0.867. The number of nitrogens with two attached hydrogens (primary N) is 1. The number of aryl methyl sites for hydroxylation is 1. The Kier molecular flexibility index (Phi) is 3.02. The smallest absolute Gasteiger partial charge is 0.200 e. The van der Waals surface area contributed by atoms with Gasteiger partial charge in [0.1, 0.15) is 0 Å². The predicted molar refractivity (Wildman–Crippen MR) is 49.4 cm³/mol. The van der Waals surface area contributed by atoms with Gasteiger partial charge >= 0.3 is 0 Å². The summed E-state index contributed by atoms with van der Waals surface area (Å²) < 4.78 is 1.61. The lowest BCUT2D eigenvalue weighted by Crippen LogP contribution is -2.13. The fraction of sp³-hybridized carbons (Fsp3) is 0.286. The molecule has 0 aliphatic rings. The van der Waals surface area contributed by atoms with Gasteiger partial charge in [-0.1, -0.05) is 11.6 Å². The van der Waals surface area contributed by atoms with Gasteiger partial charge in [0.25, 0.3) is 0 Å². The van der Waals surface area contributed by atoms with Crippen LogP contribution < -0.4 is 5.84 Å². The summed E-state index contributed by atoms with van der Waals surface area (Å²) in [5, 5.41) is 6.89. The van der Waals surface area contributed by atoms with E-state index in [4.69, 9.17) is 17.4 Å². The minimum atomic E-state index is -0.331. The zero-order valence-electron chi connectivity index (χ0n) is 7.07. The summed E-state index contributed by atoms with van der Waals surface area (Å²) in [7, 11) is 1.77. The summed E-state index contributed by atoms with van der Waals surface area (Å²) >= 11 is 5.41. The van der Waals surface area contributed by atoms with Crippen molar-refractivity contribution in [1.82, 2.24) is 9.78 Å². The number of carbonyl (C=O) groups is 1. The van der Waals surface area contributed by atoms with Crippen LogP contribution in [0.4, 0.5) is 0 Å². The van der Waals surface area contributed by atoms with E-state index < -0.39 is 0 Å². The van der Waals surface area contributed by atoms with Gasteiger partial charge in [-0.05, 0) is 6.07 Å². The summed E-state index contributed by atoms with van der Waals surface area (Å²) in [4.78, 5) is 11.2. The van der Waals surface area contributed by atoms with E-state index in [1.807, 2.05) is 0 Å². The number of aromatic nitrogens is 2. The molecule has 0 aliphatic carbocycles. The van der Waals surface area contributed by atoms with Crippen LogP contribution in [0.15, 0.2) is 17.4 Å². The van der Waals surface area contributed by atoms with E-state index in [9.17, 15) is 4.79 Å². The van der Waals surface area contributed by atoms with E-state index in [0.717, 1.165) is 0 Å². The minimum Gasteiger partial charge on any atom is -0.322 e. The monoisotopic (exact) mass is 200 g/mol. The van der Waals surface area contributed by atoms with E-state index in [2.05, 4.69) is 10.2 Å². The number of hydrogen-bond donors (Lipinski definition) is 1. The van der Waals surface area contributed by atoms with Crippen LogP contribution in [0.25, 0.3) is 0 Å². The standard InChI is InChI=1S/C7H9ClN4O/c1-12-3-2-5(11-12)4-6(13)7(8)10-9/h2-3H,4,9H2,1H3/b10-7-. The average Bonchev–Trinajstić information content (AvgIpc) is 2.49. The first-order chi connectivity index (χ1) is 6.13. The molecule has 0 aromatic carbocycles. The molecule has 0 saturated heterocycles. The molecule has 0 aliphatic heterocycles. The minimum absolute atomic E-state index is 0.125. The highest BCUT2D eigenvalue weighted by atomic mass is 35.5. The first-order valence-electron chi connectivity index (χ1n) is 3.58. The van der Waals surface area contributed by atoms with Crippen LogP contribution in [0, 0.1) is 0 Å². The highest BCUT2D eigenvalue weighted by Crippen LogP contribution is 1.99. The van der Waals surface area contributed by atoms with Crippen molar-refractivity contribution in [3.05, 3.63) is 18.0 Å². The Morgan fingerprint density at radius 1 is 1.85 bits per heavy atom. The van der Waals surface area contributed by atoms with Crippen molar-refractivity contribution in [3.8, 4) is 0 Å². The molecule has 0 amide bonds. The molecule has 70 valence electrons. The van der Waals surface area contributed by atoms with Gasteiger partial charge in [0, 0.05) is 13.2 Å². The number of nitrogens with zero attached hydrogens (tertiary/aromatic N) is 3. The van der Waals surface area contributed by atoms with Gasteiger partial charge in [-0.25, -0.2) is 0 Å². The molecule has 0 bridgehead atoms. The summed E-state index contributed by atoms with van der Waals surface area (Å²) in [6.07, 6.45) is 1.87. The molecule has 6 heteroatoms. The molecule has 1 aromatic rings. The van der Waals surface area contributed by atoms with Gasteiger partial charge in [0.05, 0.1) is 12.1 Å². The number of rotatable bonds is 3. The van der Waals surface area contributed by atoms with Crippen LogP contribution in [0.5, 0.6) is 0 Å². The Bertz CT molecular complexity index is 344. The Morgan fingerprint density at radius 3 is 3.00 bits per heavy atom. The Balaban J connectivity index is 2.65. The lowest BCUT2D eigenvalue weighted by atomic mass is 10.2. The molecule has 1 rings (SSSR count). The normalized spacial score (nSPS) is 11.7. The van der Waals surface area contributed by atoms with Gasteiger partial charge in [-0.3, -0.25) is 9.48 Å². The first kappa shape index (κ1) is 9.73. The second kappa shape index (κ2) is 4.04. The van der Waals surface area contributed by atoms with Crippen LogP contribution in [-0.4, -0.2) is 20.7 Å². The van der Waals surface area contributed by atoms with E-state index >= 15 is 0 Å². The van der Waals surface area contributed by atoms with Gasteiger partial charge < -0.3 is 5.84 Å². The van der Waals surface area contributed by atoms with E-state index in [-0.39, 0.29) is 17.4 Å². The molecule has 0 spiro atoms. The van der Waals surface area contributed by atoms with Crippen LogP contribution in [0.2, 0.25) is 0 Å². The third-order valence-electron chi connectivity index (χ3n) is 1.45. The van der Waals surface area contributed by atoms with Gasteiger partial charge in [0.15, 0.2) is 5.17 Å². The molecule has 0 radical (unpaired) electrons. The highest BCUT2D eigenvalue weighted by Gasteiger charge is 2.10. The Hall–Kier alpha value is -1.36. The largest absolute Gasteiger partial charge is 0.322 e. The van der Waals surface area contributed by atoms with Crippen LogP contribution >= 0.6 is 11.6 Å². The number of ketones is 1. The lowest BCUT2D eigenvalue weighted by Gasteiger charge is -1.93. The van der Waals surface area contributed by atoms with Crippen LogP contribution in [-0.2, 0) is 18.3 Å². The van der Waals surface area contributed by atoms with Crippen molar-refractivity contribution in [3.63, 3.8) is 0 Å². The molecule has 0 saturated carbocycles.